The molecule has 0 spiro atoms. The molecule has 0 aliphatic carbocycles. The average molecular weight is 383 g/mol. The molecular weight excluding hydrogens is 354 g/mol. The number of anilines is 1. The second-order valence-corrected chi connectivity index (χ2v) is 6.91. The van der Waals surface area contributed by atoms with Crippen LogP contribution in [0.1, 0.15) is 5.56 Å². The lowest BCUT2D eigenvalue weighted by Gasteiger charge is -2.35. The Morgan fingerprint density at radius 1 is 0.893 bits per heavy atom. The number of carbonyl (C=O) groups is 1. The molecule has 0 radical (unpaired) electrons. The zero-order valence-electron chi connectivity index (χ0n) is 16.7. The van der Waals surface area contributed by atoms with Crippen molar-refractivity contribution in [3.63, 3.8) is 0 Å². The first-order valence-electron chi connectivity index (χ1n) is 9.69. The van der Waals surface area contributed by atoms with Gasteiger partial charge in [-0.2, -0.15) is 0 Å². The molecule has 28 heavy (non-hydrogen) atoms. The van der Waals surface area contributed by atoms with Crippen molar-refractivity contribution in [1.82, 2.24) is 10.2 Å². The van der Waals surface area contributed by atoms with E-state index in [1.807, 2.05) is 36.4 Å². The predicted molar refractivity (Wildman–Crippen MR) is 111 cm³/mol. The predicted octanol–water partition coefficient (Wildman–Crippen LogP) is 2.18. The Balaban J connectivity index is 1.36. The molecule has 6 nitrogen and oxygen atoms in total. The number of nitrogens with zero attached hydrogens (tertiary/aromatic N) is 2. The van der Waals surface area contributed by atoms with Gasteiger partial charge in [0.25, 0.3) is 0 Å². The van der Waals surface area contributed by atoms with Crippen LogP contribution < -0.4 is 19.7 Å². The van der Waals surface area contributed by atoms with Crippen LogP contribution in [0.5, 0.6) is 11.5 Å². The van der Waals surface area contributed by atoms with Gasteiger partial charge in [-0.25, -0.2) is 0 Å². The third-order valence-electron chi connectivity index (χ3n) is 5.07. The minimum atomic E-state index is 0.0893. The fourth-order valence-electron chi connectivity index (χ4n) is 3.35. The lowest BCUT2D eigenvalue weighted by molar-refractivity contribution is -0.122. The number of piperazine rings is 1. The monoisotopic (exact) mass is 383 g/mol. The standard InChI is InChI=1S/C22H29N3O3/c1-27-20-7-3-18(4-8-20)11-12-23-22(26)17-24-13-15-25(16-14-24)19-5-9-21(28-2)10-6-19/h3-10H,11-17H2,1-2H3,(H,23,26). The summed E-state index contributed by atoms with van der Waals surface area (Å²) < 4.78 is 10.4. The van der Waals surface area contributed by atoms with Gasteiger partial charge in [0.2, 0.25) is 5.91 Å². The number of hydrogen-bond acceptors (Lipinski definition) is 5. The van der Waals surface area contributed by atoms with Gasteiger partial charge < -0.3 is 19.7 Å². The second-order valence-electron chi connectivity index (χ2n) is 6.91. The van der Waals surface area contributed by atoms with Crippen molar-refractivity contribution in [3.05, 3.63) is 54.1 Å². The molecule has 150 valence electrons. The number of nitrogens with one attached hydrogen (secondary N) is 1. The first kappa shape index (κ1) is 20.0. The van der Waals surface area contributed by atoms with Gasteiger partial charge in [0.05, 0.1) is 20.8 Å². The molecule has 1 aliphatic rings. The summed E-state index contributed by atoms with van der Waals surface area (Å²) in [6.45, 7) is 4.73. The minimum Gasteiger partial charge on any atom is -0.497 e. The van der Waals surface area contributed by atoms with Crippen molar-refractivity contribution in [2.75, 3.05) is 58.4 Å². The topological polar surface area (TPSA) is 54.0 Å². The van der Waals surface area contributed by atoms with Crippen LogP contribution in [-0.4, -0.2) is 64.3 Å². The summed E-state index contributed by atoms with van der Waals surface area (Å²) in [5, 5.41) is 3.02. The van der Waals surface area contributed by atoms with Crippen molar-refractivity contribution in [2.45, 2.75) is 6.42 Å². The SMILES string of the molecule is COc1ccc(CCNC(=O)CN2CCN(c3ccc(OC)cc3)CC2)cc1. The van der Waals surface area contributed by atoms with Crippen LogP contribution in [0.15, 0.2) is 48.5 Å². The molecule has 1 amide bonds. The third kappa shape index (κ3) is 5.63. The summed E-state index contributed by atoms with van der Waals surface area (Å²) in [6, 6.07) is 16.1. The van der Waals surface area contributed by atoms with Crippen LogP contribution >= 0.6 is 0 Å². The molecule has 0 aromatic heterocycles. The number of benzene rings is 2. The van der Waals surface area contributed by atoms with Crippen LogP contribution in [0, 0.1) is 0 Å². The highest BCUT2D eigenvalue weighted by Gasteiger charge is 2.19. The van der Waals surface area contributed by atoms with Gasteiger partial charge in [0, 0.05) is 38.4 Å². The van der Waals surface area contributed by atoms with E-state index in [2.05, 4.69) is 27.2 Å². The lowest BCUT2D eigenvalue weighted by atomic mass is 10.1. The maximum atomic E-state index is 12.2. The first-order valence-corrected chi connectivity index (χ1v) is 9.69. The number of methoxy groups -OCH3 is 2. The summed E-state index contributed by atoms with van der Waals surface area (Å²) in [4.78, 5) is 16.8. The number of hydrogen-bond donors (Lipinski definition) is 1. The molecule has 0 atom stereocenters. The molecule has 6 heteroatoms. The van der Waals surface area contributed by atoms with Crippen LogP contribution in [0.4, 0.5) is 5.69 Å². The van der Waals surface area contributed by atoms with Crippen molar-refractivity contribution in [3.8, 4) is 11.5 Å². The molecule has 3 rings (SSSR count). The largest absolute Gasteiger partial charge is 0.497 e. The summed E-state index contributed by atoms with van der Waals surface area (Å²) in [5.41, 5.74) is 2.39. The van der Waals surface area contributed by atoms with Gasteiger partial charge in [-0.3, -0.25) is 9.69 Å². The van der Waals surface area contributed by atoms with Crippen LogP contribution in [0.3, 0.4) is 0 Å². The van der Waals surface area contributed by atoms with Gasteiger partial charge in [-0.1, -0.05) is 12.1 Å². The maximum Gasteiger partial charge on any atom is 0.234 e. The van der Waals surface area contributed by atoms with Crippen LogP contribution in [-0.2, 0) is 11.2 Å². The Morgan fingerprint density at radius 3 is 2.04 bits per heavy atom. The van der Waals surface area contributed by atoms with E-state index >= 15 is 0 Å². The maximum absolute atomic E-state index is 12.2. The second kappa shape index (κ2) is 9.99. The molecule has 1 heterocycles. The van der Waals surface area contributed by atoms with Crippen molar-refractivity contribution in [2.24, 2.45) is 0 Å². The van der Waals surface area contributed by atoms with Gasteiger partial charge in [0.1, 0.15) is 11.5 Å². The highest BCUT2D eigenvalue weighted by atomic mass is 16.5. The van der Waals surface area contributed by atoms with Gasteiger partial charge >= 0.3 is 0 Å². The highest BCUT2D eigenvalue weighted by molar-refractivity contribution is 5.78. The van der Waals surface area contributed by atoms with Gasteiger partial charge in [-0.15, -0.1) is 0 Å². The molecule has 0 saturated carbocycles. The van der Waals surface area contributed by atoms with E-state index in [4.69, 9.17) is 9.47 Å². The Labute approximate surface area is 167 Å². The normalized spacial score (nSPS) is 14.6. The quantitative estimate of drug-likeness (QED) is 0.757. The highest BCUT2D eigenvalue weighted by Crippen LogP contribution is 2.20. The zero-order chi connectivity index (χ0) is 19.8. The molecule has 2 aromatic carbocycles. The Kier molecular flexibility index (Phi) is 7.14. The fraction of sp³-hybridized carbons (Fsp3) is 0.409. The van der Waals surface area contributed by atoms with Gasteiger partial charge in [-0.05, 0) is 48.4 Å². The third-order valence-corrected chi connectivity index (χ3v) is 5.07. The molecular formula is C22H29N3O3. The van der Waals surface area contributed by atoms with E-state index in [0.717, 1.165) is 44.1 Å². The summed E-state index contributed by atoms with van der Waals surface area (Å²) >= 11 is 0. The first-order chi connectivity index (χ1) is 13.7. The molecule has 0 bridgehead atoms. The molecule has 1 aliphatic heterocycles. The Hall–Kier alpha value is -2.73. The molecule has 1 N–H and O–H groups in total. The van der Waals surface area contributed by atoms with E-state index in [1.165, 1.54) is 11.3 Å². The van der Waals surface area contributed by atoms with Gasteiger partial charge in [0.15, 0.2) is 0 Å². The number of amides is 1. The number of ether oxygens (including phenoxy) is 2. The number of carbonyl (C=O) groups excluding carboxylic acids is 1. The van der Waals surface area contributed by atoms with E-state index in [-0.39, 0.29) is 5.91 Å². The lowest BCUT2D eigenvalue weighted by Crippen LogP contribution is -2.49. The molecule has 1 saturated heterocycles. The van der Waals surface area contributed by atoms with Crippen LogP contribution in [0.2, 0.25) is 0 Å². The summed E-state index contributed by atoms with van der Waals surface area (Å²) in [6.07, 6.45) is 0.820. The number of rotatable bonds is 8. The zero-order valence-corrected chi connectivity index (χ0v) is 16.7. The molecule has 2 aromatic rings. The summed E-state index contributed by atoms with van der Waals surface area (Å²) in [7, 11) is 3.34. The van der Waals surface area contributed by atoms with Crippen LogP contribution in [0.25, 0.3) is 0 Å². The Morgan fingerprint density at radius 2 is 1.46 bits per heavy atom. The molecule has 0 unspecified atom stereocenters. The minimum absolute atomic E-state index is 0.0893. The van der Waals surface area contributed by atoms with E-state index in [1.54, 1.807) is 14.2 Å². The molecule has 1 fully saturated rings. The fourth-order valence-corrected chi connectivity index (χ4v) is 3.35. The van der Waals surface area contributed by atoms with Crippen molar-refractivity contribution < 1.29 is 14.3 Å². The summed E-state index contributed by atoms with van der Waals surface area (Å²) in [5.74, 6) is 1.81. The Bertz CT molecular complexity index is 739. The average Bonchev–Trinajstić information content (AvgIpc) is 2.75. The van der Waals surface area contributed by atoms with Crippen molar-refractivity contribution in [1.29, 1.82) is 0 Å². The van der Waals surface area contributed by atoms with E-state index in [9.17, 15) is 4.79 Å². The van der Waals surface area contributed by atoms with E-state index < -0.39 is 0 Å². The smallest absolute Gasteiger partial charge is 0.234 e. The van der Waals surface area contributed by atoms with Crippen molar-refractivity contribution >= 4 is 11.6 Å². The van der Waals surface area contributed by atoms with E-state index in [0.29, 0.717) is 13.1 Å².